The topological polar surface area (TPSA) is 62.1 Å². The molecule has 9 heteroatoms. The van der Waals surface area contributed by atoms with Gasteiger partial charge in [-0.05, 0) is 31.2 Å². The van der Waals surface area contributed by atoms with Crippen LogP contribution in [-0.4, -0.2) is 33.7 Å². The van der Waals surface area contributed by atoms with Crippen molar-refractivity contribution in [2.24, 2.45) is 0 Å². The van der Waals surface area contributed by atoms with Crippen molar-refractivity contribution in [1.29, 1.82) is 0 Å². The number of nitrogens with zero attached hydrogens (tertiary/aromatic N) is 4. The van der Waals surface area contributed by atoms with E-state index in [0.717, 1.165) is 6.07 Å². The summed E-state index contributed by atoms with van der Waals surface area (Å²) in [6.45, 7) is 1.65. The zero-order valence-electron chi connectivity index (χ0n) is 14.2. The monoisotopic (exact) mass is 364 g/mol. The average molecular weight is 364 g/mol. The van der Waals surface area contributed by atoms with Crippen molar-refractivity contribution in [3.05, 3.63) is 48.2 Å². The Hall–Kier alpha value is -3.10. The van der Waals surface area contributed by atoms with Crippen LogP contribution in [0.5, 0.6) is 11.5 Å². The number of ether oxygens (including phenoxy) is 2. The maximum atomic E-state index is 13.3. The van der Waals surface area contributed by atoms with Crippen molar-refractivity contribution in [1.82, 2.24) is 19.5 Å². The minimum absolute atomic E-state index is 0.108. The van der Waals surface area contributed by atoms with Gasteiger partial charge >= 0.3 is 6.18 Å². The SMILES string of the molecule is COc1ccc(-c2cc(C(F)(F)F)nc(-n3ccnc3C)n2)cc1OC. The molecule has 0 amide bonds. The van der Waals surface area contributed by atoms with Crippen molar-refractivity contribution in [2.45, 2.75) is 13.1 Å². The van der Waals surface area contributed by atoms with E-state index in [9.17, 15) is 13.2 Å². The van der Waals surface area contributed by atoms with Crippen molar-refractivity contribution in [3.8, 4) is 28.7 Å². The Balaban J connectivity index is 2.20. The first kappa shape index (κ1) is 17.7. The molecule has 0 atom stereocenters. The van der Waals surface area contributed by atoms with Crippen LogP contribution >= 0.6 is 0 Å². The summed E-state index contributed by atoms with van der Waals surface area (Å²) in [6.07, 6.45) is -1.64. The van der Waals surface area contributed by atoms with Crippen molar-refractivity contribution in [3.63, 3.8) is 0 Å². The van der Waals surface area contributed by atoms with Crippen LogP contribution in [-0.2, 0) is 6.18 Å². The third-order valence-electron chi connectivity index (χ3n) is 3.73. The molecule has 0 saturated carbocycles. The molecule has 6 nitrogen and oxygen atoms in total. The molecule has 0 aliphatic rings. The van der Waals surface area contributed by atoms with E-state index in [0.29, 0.717) is 22.9 Å². The number of aryl methyl sites for hydroxylation is 1. The second-order valence-corrected chi connectivity index (χ2v) is 5.35. The fourth-order valence-corrected chi connectivity index (χ4v) is 2.42. The number of imidazole rings is 1. The summed E-state index contributed by atoms with van der Waals surface area (Å²) in [4.78, 5) is 11.9. The molecule has 3 rings (SSSR count). The van der Waals surface area contributed by atoms with Crippen molar-refractivity contribution >= 4 is 0 Å². The molecular formula is C17H15F3N4O2. The lowest BCUT2D eigenvalue weighted by atomic mass is 10.1. The van der Waals surface area contributed by atoms with E-state index in [2.05, 4.69) is 15.0 Å². The molecule has 0 unspecified atom stereocenters. The highest BCUT2D eigenvalue weighted by Crippen LogP contribution is 2.34. The molecule has 0 fully saturated rings. The number of methoxy groups -OCH3 is 2. The van der Waals surface area contributed by atoms with Crippen LogP contribution in [0.25, 0.3) is 17.2 Å². The van der Waals surface area contributed by atoms with Gasteiger partial charge in [0.1, 0.15) is 5.82 Å². The lowest BCUT2D eigenvalue weighted by Crippen LogP contribution is -2.13. The average Bonchev–Trinajstić information content (AvgIpc) is 3.06. The van der Waals surface area contributed by atoms with E-state index in [1.165, 1.54) is 31.2 Å². The van der Waals surface area contributed by atoms with Gasteiger partial charge < -0.3 is 9.47 Å². The summed E-state index contributed by atoms with van der Waals surface area (Å²) in [5, 5.41) is 0. The number of alkyl halides is 3. The molecule has 3 aromatic rings. The lowest BCUT2D eigenvalue weighted by Gasteiger charge is -2.13. The summed E-state index contributed by atoms with van der Waals surface area (Å²) in [6, 6.07) is 5.67. The van der Waals surface area contributed by atoms with E-state index in [1.54, 1.807) is 25.1 Å². The summed E-state index contributed by atoms with van der Waals surface area (Å²) in [5.74, 6) is 1.21. The number of halogens is 3. The van der Waals surface area contributed by atoms with E-state index in [-0.39, 0.29) is 11.6 Å². The molecule has 2 aromatic heterocycles. The van der Waals surface area contributed by atoms with Gasteiger partial charge in [0, 0.05) is 18.0 Å². The maximum absolute atomic E-state index is 13.3. The van der Waals surface area contributed by atoms with Crippen LogP contribution in [0, 0.1) is 6.92 Å². The molecule has 0 saturated heterocycles. The molecule has 0 spiro atoms. The lowest BCUT2D eigenvalue weighted by molar-refractivity contribution is -0.141. The Bertz CT molecular complexity index is 938. The van der Waals surface area contributed by atoms with Gasteiger partial charge in [-0.15, -0.1) is 0 Å². The van der Waals surface area contributed by atoms with Gasteiger partial charge in [-0.1, -0.05) is 0 Å². The number of hydrogen-bond donors (Lipinski definition) is 0. The summed E-state index contributed by atoms with van der Waals surface area (Å²) >= 11 is 0. The molecule has 0 radical (unpaired) electrons. The summed E-state index contributed by atoms with van der Waals surface area (Å²) < 4.78 is 51.7. The zero-order valence-corrected chi connectivity index (χ0v) is 14.2. The van der Waals surface area contributed by atoms with E-state index >= 15 is 0 Å². The third-order valence-corrected chi connectivity index (χ3v) is 3.73. The molecule has 0 aliphatic carbocycles. The first-order valence-corrected chi connectivity index (χ1v) is 7.52. The highest BCUT2D eigenvalue weighted by atomic mass is 19.4. The van der Waals surface area contributed by atoms with Gasteiger partial charge in [0.05, 0.1) is 19.9 Å². The van der Waals surface area contributed by atoms with Crippen LogP contribution in [0.15, 0.2) is 36.7 Å². The van der Waals surface area contributed by atoms with E-state index in [4.69, 9.17) is 9.47 Å². The quantitative estimate of drug-likeness (QED) is 0.707. The minimum atomic E-state index is -4.61. The number of rotatable bonds is 4. The number of benzene rings is 1. The van der Waals surface area contributed by atoms with Crippen LogP contribution in [0.1, 0.15) is 11.5 Å². The molecular weight excluding hydrogens is 349 g/mol. The molecule has 136 valence electrons. The Labute approximate surface area is 147 Å². The van der Waals surface area contributed by atoms with E-state index in [1.807, 2.05) is 0 Å². The molecule has 0 bridgehead atoms. The van der Waals surface area contributed by atoms with Gasteiger partial charge in [-0.2, -0.15) is 13.2 Å². The van der Waals surface area contributed by atoms with Crippen molar-refractivity contribution < 1.29 is 22.6 Å². The fraction of sp³-hybridized carbons (Fsp3) is 0.235. The Morgan fingerprint density at radius 2 is 1.73 bits per heavy atom. The maximum Gasteiger partial charge on any atom is 0.433 e. The fourth-order valence-electron chi connectivity index (χ4n) is 2.42. The second-order valence-electron chi connectivity index (χ2n) is 5.35. The predicted molar refractivity (Wildman–Crippen MR) is 87.4 cm³/mol. The largest absolute Gasteiger partial charge is 0.493 e. The normalized spacial score (nSPS) is 11.5. The Kier molecular flexibility index (Phi) is 4.54. The number of hydrogen-bond acceptors (Lipinski definition) is 5. The first-order chi connectivity index (χ1) is 12.3. The van der Waals surface area contributed by atoms with Gasteiger partial charge in [-0.25, -0.2) is 15.0 Å². The van der Waals surface area contributed by atoms with E-state index < -0.39 is 11.9 Å². The molecule has 0 aliphatic heterocycles. The van der Waals surface area contributed by atoms with Crippen LogP contribution < -0.4 is 9.47 Å². The van der Waals surface area contributed by atoms with Crippen LogP contribution in [0.4, 0.5) is 13.2 Å². The van der Waals surface area contributed by atoms with Gasteiger partial charge in [0.2, 0.25) is 5.95 Å². The summed E-state index contributed by atoms with van der Waals surface area (Å²) in [5.41, 5.74) is -0.494. The smallest absolute Gasteiger partial charge is 0.433 e. The second kappa shape index (κ2) is 6.66. The predicted octanol–water partition coefficient (Wildman–Crippen LogP) is 3.67. The highest BCUT2D eigenvalue weighted by Gasteiger charge is 2.34. The Morgan fingerprint density at radius 3 is 2.31 bits per heavy atom. The van der Waals surface area contributed by atoms with Gasteiger partial charge in [0.15, 0.2) is 17.2 Å². The van der Waals surface area contributed by atoms with Gasteiger partial charge in [0.25, 0.3) is 0 Å². The standard InChI is InChI=1S/C17H15F3N4O2/c1-10-21-6-7-24(10)16-22-12(9-15(23-16)17(18,19)20)11-4-5-13(25-2)14(8-11)26-3/h4-9H,1-3H3. The van der Waals surface area contributed by atoms with Crippen molar-refractivity contribution in [2.75, 3.05) is 14.2 Å². The first-order valence-electron chi connectivity index (χ1n) is 7.52. The molecule has 1 aromatic carbocycles. The Morgan fingerprint density at radius 1 is 1.00 bits per heavy atom. The number of aromatic nitrogens is 4. The minimum Gasteiger partial charge on any atom is -0.493 e. The third kappa shape index (κ3) is 3.32. The zero-order chi connectivity index (χ0) is 18.9. The van der Waals surface area contributed by atoms with Crippen LogP contribution in [0.3, 0.4) is 0 Å². The highest BCUT2D eigenvalue weighted by molar-refractivity contribution is 5.65. The molecule has 26 heavy (non-hydrogen) atoms. The van der Waals surface area contributed by atoms with Gasteiger partial charge in [-0.3, -0.25) is 4.57 Å². The molecule has 2 heterocycles. The molecule has 0 N–H and O–H groups in total. The summed E-state index contributed by atoms with van der Waals surface area (Å²) in [7, 11) is 2.92. The van der Waals surface area contributed by atoms with Crippen LogP contribution in [0.2, 0.25) is 0 Å².